The van der Waals surface area contributed by atoms with Gasteiger partial charge in [0.1, 0.15) is 0 Å². The summed E-state index contributed by atoms with van der Waals surface area (Å²) < 4.78 is 24.8. The van der Waals surface area contributed by atoms with Gasteiger partial charge in [0.05, 0.1) is 31.8 Å². The molecule has 0 heterocycles. The van der Waals surface area contributed by atoms with E-state index in [2.05, 4.69) is 9.32 Å². The van der Waals surface area contributed by atoms with Gasteiger partial charge < -0.3 is 15.3 Å². The minimum absolute atomic E-state index is 0.560. The Labute approximate surface area is 76.0 Å². The molecule has 80 valence electrons. The van der Waals surface area contributed by atoms with Crippen molar-refractivity contribution in [2.75, 3.05) is 26.4 Å². The summed E-state index contributed by atoms with van der Waals surface area (Å²) in [5.41, 5.74) is -1.38. The van der Waals surface area contributed by atoms with Gasteiger partial charge in [0.25, 0.3) is 0 Å². The predicted octanol–water partition coefficient (Wildman–Crippen LogP) is -2.83. The fraction of sp³-hybridized carbons (Fsp3) is 1.00. The van der Waals surface area contributed by atoms with Crippen LogP contribution in [0.15, 0.2) is 0 Å². The van der Waals surface area contributed by atoms with Gasteiger partial charge in [0, 0.05) is 0 Å². The highest BCUT2D eigenvalue weighted by Gasteiger charge is 2.30. The van der Waals surface area contributed by atoms with E-state index in [1.54, 1.807) is 0 Å². The van der Waals surface area contributed by atoms with Crippen molar-refractivity contribution in [1.82, 2.24) is 0 Å². The van der Waals surface area contributed by atoms with Crippen molar-refractivity contribution in [3.8, 4) is 0 Å². The summed E-state index contributed by atoms with van der Waals surface area (Å²) in [6.45, 7) is -2.37. The van der Waals surface area contributed by atoms with E-state index in [1.807, 2.05) is 0 Å². The molecule has 7 nitrogen and oxygen atoms in total. The Hall–Kier alpha value is -0.250. The maximum Gasteiger partial charge on any atom is 0.333 e. The highest BCUT2D eigenvalue weighted by Crippen LogP contribution is 2.15. The third-order valence-corrected chi connectivity index (χ3v) is 1.98. The van der Waals surface area contributed by atoms with Gasteiger partial charge in [-0.05, 0) is 0 Å². The van der Waals surface area contributed by atoms with Crippen molar-refractivity contribution in [2.24, 2.45) is 10.6 Å². The third-order valence-electron chi connectivity index (χ3n) is 1.54. The Balaban J connectivity index is 4.27. The second kappa shape index (κ2) is 4.84. The van der Waals surface area contributed by atoms with E-state index in [-0.39, 0.29) is 0 Å². The molecule has 0 saturated heterocycles. The van der Waals surface area contributed by atoms with Gasteiger partial charge in [-0.2, -0.15) is 8.42 Å². The van der Waals surface area contributed by atoms with E-state index in [4.69, 9.17) is 15.3 Å². The number of hydrogen-bond acceptors (Lipinski definition) is 6. The number of aliphatic hydroxyl groups is 3. The van der Waals surface area contributed by atoms with Gasteiger partial charge in [-0.1, -0.05) is 0 Å². The van der Waals surface area contributed by atoms with E-state index in [1.165, 1.54) is 0 Å². The maximum atomic E-state index is 10.3. The Bertz CT molecular complexity index is 225. The Morgan fingerprint density at radius 2 is 1.54 bits per heavy atom. The highest BCUT2D eigenvalue weighted by molar-refractivity contribution is 7.84. The van der Waals surface area contributed by atoms with Crippen molar-refractivity contribution in [3.63, 3.8) is 0 Å². The molecular weight excluding hydrogens is 202 g/mol. The molecule has 0 aliphatic carbocycles. The minimum Gasteiger partial charge on any atom is -0.396 e. The molecule has 0 radical (unpaired) electrons. The molecule has 0 fully saturated rings. The zero-order valence-corrected chi connectivity index (χ0v) is 7.70. The summed E-state index contributed by atoms with van der Waals surface area (Å²) in [5, 5.41) is 30.7. The van der Waals surface area contributed by atoms with Gasteiger partial charge in [-0.15, -0.1) is 0 Å². The zero-order chi connectivity index (χ0) is 10.5. The molecule has 0 aromatic carbocycles. The van der Waals surface area contributed by atoms with Crippen LogP contribution in [0.5, 0.6) is 0 Å². The third kappa shape index (κ3) is 4.50. The van der Waals surface area contributed by atoms with Crippen molar-refractivity contribution in [1.29, 1.82) is 0 Å². The van der Waals surface area contributed by atoms with E-state index >= 15 is 0 Å². The zero-order valence-electron chi connectivity index (χ0n) is 6.88. The molecule has 0 unspecified atom stereocenters. The molecule has 0 rings (SSSR count). The fourth-order valence-corrected chi connectivity index (χ4v) is 0.908. The second-order valence-corrected chi connectivity index (χ2v) is 3.95. The molecule has 0 aromatic heterocycles. The summed E-state index contributed by atoms with van der Waals surface area (Å²) in [6, 6.07) is 0. The monoisotopic (exact) mass is 215 g/mol. The van der Waals surface area contributed by atoms with Crippen LogP contribution >= 0.6 is 0 Å². The molecule has 0 aliphatic rings. The highest BCUT2D eigenvalue weighted by atomic mass is 32.2. The molecule has 5 N–H and O–H groups in total. The van der Waals surface area contributed by atoms with Crippen LogP contribution in [0.2, 0.25) is 0 Å². The Morgan fingerprint density at radius 3 is 1.77 bits per heavy atom. The quantitative estimate of drug-likeness (QED) is 0.378. The van der Waals surface area contributed by atoms with Gasteiger partial charge in [0.2, 0.25) is 0 Å². The lowest BCUT2D eigenvalue weighted by Gasteiger charge is -2.25. The molecular formula is C5H13NO6S. The second-order valence-electron chi connectivity index (χ2n) is 2.73. The summed E-state index contributed by atoms with van der Waals surface area (Å²) in [5.74, 6) is 0. The summed E-state index contributed by atoms with van der Waals surface area (Å²) in [7, 11) is -4.12. The molecule has 13 heavy (non-hydrogen) atoms. The van der Waals surface area contributed by atoms with E-state index in [0.717, 1.165) is 0 Å². The molecule has 0 saturated carbocycles. The summed E-state index contributed by atoms with van der Waals surface area (Å²) in [6.07, 6.45) is 0. The molecule has 0 atom stereocenters. The van der Waals surface area contributed by atoms with Gasteiger partial charge in [-0.3, -0.25) is 4.18 Å². The molecule has 0 aliphatic heterocycles. The lowest BCUT2D eigenvalue weighted by molar-refractivity contribution is -0.0242. The summed E-state index contributed by atoms with van der Waals surface area (Å²) in [4.78, 5) is 0. The van der Waals surface area contributed by atoms with Crippen molar-refractivity contribution in [2.45, 2.75) is 0 Å². The first kappa shape index (κ1) is 12.8. The standard InChI is InChI=1S/C5H13NO6S/c6-13(10,11)12-4-5(1-7,2-8)3-9/h7-9H,1-4H2,(H2,6,10,11). The molecule has 8 heteroatoms. The van der Waals surface area contributed by atoms with Crippen LogP contribution in [0.1, 0.15) is 0 Å². The first-order chi connectivity index (χ1) is 5.89. The van der Waals surface area contributed by atoms with E-state index in [9.17, 15) is 8.42 Å². The SMILES string of the molecule is NS(=O)(=O)OCC(CO)(CO)CO. The van der Waals surface area contributed by atoms with Gasteiger partial charge in [-0.25, -0.2) is 5.14 Å². The van der Waals surface area contributed by atoms with Crippen LogP contribution in [-0.4, -0.2) is 50.2 Å². The first-order valence-electron chi connectivity index (χ1n) is 3.39. The van der Waals surface area contributed by atoms with Crippen LogP contribution in [0, 0.1) is 5.41 Å². The minimum atomic E-state index is -4.12. The van der Waals surface area contributed by atoms with Crippen LogP contribution < -0.4 is 5.14 Å². The largest absolute Gasteiger partial charge is 0.396 e. The van der Waals surface area contributed by atoms with E-state index < -0.39 is 42.1 Å². The predicted molar refractivity (Wildman–Crippen MR) is 42.7 cm³/mol. The van der Waals surface area contributed by atoms with Crippen molar-refractivity contribution < 1.29 is 27.9 Å². The van der Waals surface area contributed by atoms with Gasteiger partial charge >= 0.3 is 10.3 Å². The lowest BCUT2D eigenvalue weighted by Crippen LogP contribution is -2.40. The number of hydrogen-bond donors (Lipinski definition) is 4. The number of nitrogens with two attached hydrogens (primary N) is 1. The van der Waals surface area contributed by atoms with Gasteiger partial charge in [0.15, 0.2) is 0 Å². The van der Waals surface area contributed by atoms with Crippen LogP contribution in [-0.2, 0) is 14.5 Å². The average molecular weight is 215 g/mol. The summed E-state index contributed by atoms with van der Waals surface area (Å²) >= 11 is 0. The first-order valence-corrected chi connectivity index (χ1v) is 4.86. The smallest absolute Gasteiger partial charge is 0.333 e. The van der Waals surface area contributed by atoms with Crippen LogP contribution in [0.4, 0.5) is 0 Å². The fourth-order valence-electron chi connectivity index (χ4n) is 0.494. The van der Waals surface area contributed by atoms with Crippen LogP contribution in [0.3, 0.4) is 0 Å². The Morgan fingerprint density at radius 1 is 1.15 bits per heavy atom. The van der Waals surface area contributed by atoms with Crippen LogP contribution in [0.25, 0.3) is 0 Å². The lowest BCUT2D eigenvalue weighted by atomic mass is 9.93. The number of aliphatic hydroxyl groups excluding tert-OH is 3. The maximum absolute atomic E-state index is 10.3. The Kier molecular flexibility index (Phi) is 4.75. The van der Waals surface area contributed by atoms with Crippen molar-refractivity contribution >= 4 is 10.3 Å². The molecule has 0 amide bonds. The normalized spacial score (nSPS) is 13.2. The topological polar surface area (TPSA) is 130 Å². The van der Waals surface area contributed by atoms with Crippen molar-refractivity contribution in [3.05, 3.63) is 0 Å². The molecule has 0 bridgehead atoms. The van der Waals surface area contributed by atoms with E-state index in [0.29, 0.717) is 0 Å². The average Bonchev–Trinajstić information content (AvgIpc) is 2.06. The molecule has 0 spiro atoms. The molecule has 0 aromatic rings. The number of rotatable bonds is 6.